The Morgan fingerprint density at radius 3 is 2.83 bits per heavy atom. The summed E-state index contributed by atoms with van der Waals surface area (Å²) < 4.78 is 5.29. The molecule has 2 aliphatic heterocycles. The zero-order valence-corrected chi connectivity index (χ0v) is 16.4. The van der Waals surface area contributed by atoms with Crippen molar-refractivity contribution in [2.24, 2.45) is 0 Å². The maximum atomic E-state index is 13.2. The van der Waals surface area contributed by atoms with Gasteiger partial charge in [-0.05, 0) is 30.5 Å². The molecule has 1 aromatic heterocycles. The lowest BCUT2D eigenvalue weighted by molar-refractivity contribution is -0.134. The molecule has 5 heteroatoms. The van der Waals surface area contributed by atoms with Crippen LogP contribution in [-0.2, 0) is 17.6 Å². The summed E-state index contributed by atoms with van der Waals surface area (Å²) in [5, 5.41) is 0. The minimum absolute atomic E-state index is 0.0895. The topological polar surface area (TPSA) is 55.3 Å². The van der Waals surface area contributed by atoms with Gasteiger partial charge in [0.25, 0.3) is 0 Å². The Hall–Kier alpha value is -3.21. The van der Waals surface area contributed by atoms with Crippen LogP contribution in [0.15, 0.2) is 60.8 Å². The van der Waals surface area contributed by atoms with Gasteiger partial charge in [0.05, 0.1) is 25.3 Å². The third kappa shape index (κ3) is 3.27. The van der Waals surface area contributed by atoms with Gasteiger partial charge in [-0.1, -0.05) is 42.5 Å². The van der Waals surface area contributed by atoms with E-state index in [0.29, 0.717) is 6.42 Å². The highest BCUT2D eigenvalue weighted by atomic mass is 16.5. The first-order chi connectivity index (χ1) is 14.2. The maximum Gasteiger partial charge on any atom is 0.227 e. The van der Waals surface area contributed by atoms with Crippen LogP contribution in [0.5, 0.6) is 5.75 Å². The number of amides is 1. The average molecular weight is 385 g/mol. The normalized spacial score (nSPS) is 19.7. The highest BCUT2D eigenvalue weighted by molar-refractivity contribution is 5.80. The van der Waals surface area contributed by atoms with Crippen LogP contribution in [0.3, 0.4) is 0 Å². The average Bonchev–Trinajstić information content (AvgIpc) is 3.09. The molecule has 2 aromatic carbocycles. The van der Waals surface area contributed by atoms with Crippen molar-refractivity contribution in [3.8, 4) is 17.1 Å². The van der Waals surface area contributed by atoms with Crippen LogP contribution in [-0.4, -0.2) is 33.9 Å². The second-order valence-electron chi connectivity index (χ2n) is 7.74. The molecule has 0 spiro atoms. The van der Waals surface area contributed by atoms with Crippen LogP contribution in [0.4, 0.5) is 0 Å². The third-order valence-electron chi connectivity index (χ3n) is 6.00. The Morgan fingerprint density at radius 2 is 2.00 bits per heavy atom. The summed E-state index contributed by atoms with van der Waals surface area (Å²) in [7, 11) is 1.65. The summed E-state index contributed by atoms with van der Waals surface area (Å²) in [6.07, 6.45) is 5.13. The zero-order valence-electron chi connectivity index (χ0n) is 16.4. The second kappa shape index (κ2) is 7.32. The van der Waals surface area contributed by atoms with Crippen molar-refractivity contribution < 1.29 is 9.53 Å². The largest absolute Gasteiger partial charge is 0.497 e. The maximum absolute atomic E-state index is 13.2. The van der Waals surface area contributed by atoms with E-state index < -0.39 is 0 Å². The number of rotatable bonds is 4. The Balaban J connectivity index is 1.40. The van der Waals surface area contributed by atoms with E-state index in [0.717, 1.165) is 53.2 Å². The number of carbonyl (C=O) groups is 1. The van der Waals surface area contributed by atoms with Gasteiger partial charge in [0, 0.05) is 29.8 Å². The molecule has 3 aromatic rings. The quantitative estimate of drug-likeness (QED) is 0.682. The minimum atomic E-state index is 0.0895. The zero-order chi connectivity index (χ0) is 19.8. The second-order valence-corrected chi connectivity index (χ2v) is 7.74. The minimum Gasteiger partial charge on any atom is -0.497 e. The monoisotopic (exact) mass is 385 g/mol. The number of ether oxygens (including phenoxy) is 1. The van der Waals surface area contributed by atoms with Gasteiger partial charge in [-0.25, -0.2) is 9.97 Å². The molecule has 2 atom stereocenters. The molecule has 5 rings (SSSR count). The number of hydrogen-bond acceptors (Lipinski definition) is 4. The first-order valence-electron chi connectivity index (χ1n) is 10.1. The van der Waals surface area contributed by atoms with E-state index in [-0.39, 0.29) is 18.0 Å². The SMILES string of the molecule is COc1cccc(CC(=O)N2C3CCC2c2cnc(-c4ccccc4)nc2C3)c1. The lowest BCUT2D eigenvalue weighted by atomic mass is 9.97. The molecule has 3 heterocycles. The fraction of sp³-hybridized carbons (Fsp3) is 0.292. The van der Waals surface area contributed by atoms with E-state index in [1.54, 1.807) is 7.11 Å². The molecular formula is C24H23N3O2. The number of carbonyl (C=O) groups excluding carboxylic acids is 1. The van der Waals surface area contributed by atoms with Crippen molar-refractivity contribution in [2.75, 3.05) is 7.11 Å². The molecule has 2 unspecified atom stereocenters. The van der Waals surface area contributed by atoms with Gasteiger partial charge in [0.1, 0.15) is 5.75 Å². The van der Waals surface area contributed by atoms with Gasteiger partial charge < -0.3 is 9.64 Å². The van der Waals surface area contributed by atoms with Crippen LogP contribution < -0.4 is 4.74 Å². The van der Waals surface area contributed by atoms with E-state index in [1.165, 1.54) is 0 Å². The van der Waals surface area contributed by atoms with E-state index in [2.05, 4.69) is 9.88 Å². The summed E-state index contributed by atoms with van der Waals surface area (Å²) in [6.45, 7) is 0. The van der Waals surface area contributed by atoms with Crippen molar-refractivity contribution in [1.82, 2.24) is 14.9 Å². The molecule has 29 heavy (non-hydrogen) atoms. The fourth-order valence-corrected chi connectivity index (χ4v) is 4.63. The number of nitrogens with zero attached hydrogens (tertiary/aromatic N) is 3. The summed E-state index contributed by atoms with van der Waals surface area (Å²) in [6, 6.07) is 18.1. The van der Waals surface area contributed by atoms with Gasteiger partial charge in [-0.15, -0.1) is 0 Å². The molecule has 5 nitrogen and oxygen atoms in total. The van der Waals surface area contributed by atoms with Crippen molar-refractivity contribution in [3.05, 3.63) is 77.6 Å². The number of fused-ring (bicyclic) bond motifs is 4. The molecule has 1 fully saturated rings. The van der Waals surface area contributed by atoms with Crippen molar-refractivity contribution in [3.63, 3.8) is 0 Å². The molecule has 2 aliphatic rings. The number of benzene rings is 2. The molecule has 0 saturated carbocycles. The van der Waals surface area contributed by atoms with Gasteiger partial charge in [-0.3, -0.25) is 4.79 Å². The van der Waals surface area contributed by atoms with Crippen molar-refractivity contribution in [1.29, 1.82) is 0 Å². The molecule has 1 amide bonds. The van der Waals surface area contributed by atoms with E-state index in [1.807, 2.05) is 60.8 Å². The van der Waals surface area contributed by atoms with E-state index in [9.17, 15) is 4.79 Å². The van der Waals surface area contributed by atoms with Crippen LogP contribution in [0.1, 0.15) is 35.7 Å². The number of aromatic nitrogens is 2. The highest BCUT2D eigenvalue weighted by Crippen LogP contribution is 2.43. The molecule has 2 bridgehead atoms. The predicted octanol–water partition coefficient (Wildman–Crippen LogP) is 3.98. The lowest BCUT2D eigenvalue weighted by Gasteiger charge is -2.36. The molecular weight excluding hydrogens is 362 g/mol. The lowest BCUT2D eigenvalue weighted by Crippen LogP contribution is -2.43. The number of hydrogen-bond donors (Lipinski definition) is 0. The van der Waals surface area contributed by atoms with Gasteiger partial charge in [0.15, 0.2) is 5.82 Å². The van der Waals surface area contributed by atoms with Gasteiger partial charge >= 0.3 is 0 Å². The summed E-state index contributed by atoms with van der Waals surface area (Å²) in [4.78, 5) is 24.7. The third-order valence-corrected chi connectivity index (χ3v) is 6.00. The summed E-state index contributed by atoms with van der Waals surface area (Å²) in [5.41, 5.74) is 4.21. The van der Waals surface area contributed by atoms with Crippen molar-refractivity contribution in [2.45, 2.75) is 37.8 Å². The first kappa shape index (κ1) is 17.9. The van der Waals surface area contributed by atoms with Crippen LogP contribution >= 0.6 is 0 Å². The first-order valence-corrected chi connectivity index (χ1v) is 10.1. The van der Waals surface area contributed by atoms with Crippen molar-refractivity contribution >= 4 is 5.91 Å². The Morgan fingerprint density at radius 1 is 1.14 bits per heavy atom. The Labute approximate surface area is 170 Å². The number of methoxy groups -OCH3 is 1. The van der Waals surface area contributed by atoms with Crippen LogP contribution in [0, 0.1) is 0 Å². The Bertz CT molecular complexity index is 1050. The summed E-state index contributed by atoms with van der Waals surface area (Å²) in [5.74, 6) is 1.72. The molecule has 1 saturated heterocycles. The molecule has 146 valence electrons. The molecule has 0 N–H and O–H groups in total. The van der Waals surface area contributed by atoms with E-state index >= 15 is 0 Å². The fourth-order valence-electron chi connectivity index (χ4n) is 4.63. The molecule has 0 radical (unpaired) electrons. The van der Waals surface area contributed by atoms with Crippen LogP contribution in [0.25, 0.3) is 11.4 Å². The van der Waals surface area contributed by atoms with Crippen LogP contribution in [0.2, 0.25) is 0 Å². The smallest absolute Gasteiger partial charge is 0.227 e. The standard InChI is InChI=1S/C24H23N3O2/c1-29-19-9-5-6-16(12-19)13-23(28)27-18-10-11-22(27)20-15-25-24(26-21(20)14-18)17-7-3-2-4-8-17/h2-9,12,15,18,22H,10-11,13-14H2,1H3. The summed E-state index contributed by atoms with van der Waals surface area (Å²) >= 11 is 0. The van der Waals surface area contributed by atoms with Gasteiger partial charge in [-0.2, -0.15) is 0 Å². The highest BCUT2D eigenvalue weighted by Gasteiger charge is 2.43. The predicted molar refractivity (Wildman–Crippen MR) is 110 cm³/mol. The van der Waals surface area contributed by atoms with E-state index in [4.69, 9.17) is 9.72 Å². The molecule has 0 aliphatic carbocycles. The van der Waals surface area contributed by atoms with Gasteiger partial charge in [0.2, 0.25) is 5.91 Å². The Kier molecular flexibility index (Phi) is 4.51.